The van der Waals surface area contributed by atoms with Crippen LogP contribution in [-0.2, 0) is 6.61 Å². The molecule has 0 fully saturated rings. The lowest BCUT2D eigenvalue weighted by Crippen LogP contribution is -2.30. The molecule has 140 valence electrons. The third-order valence-electron chi connectivity index (χ3n) is 4.10. The smallest absolute Gasteiger partial charge is 0.253 e. The number of hydrogen-bond donors (Lipinski definition) is 0. The summed E-state index contributed by atoms with van der Waals surface area (Å²) in [5.41, 5.74) is 4.38. The van der Waals surface area contributed by atoms with Crippen molar-refractivity contribution in [2.24, 2.45) is 0 Å². The molecule has 0 aliphatic heterocycles. The maximum absolute atomic E-state index is 12.5. The average Bonchev–Trinajstić information content (AvgIpc) is 3.21. The highest BCUT2D eigenvalue weighted by molar-refractivity contribution is 7.07. The predicted octanol–water partition coefficient (Wildman–Crippen LogP) is 4.18. The van der Waals surface area contributed by atoms with Gasteiger partial charge in [0.2, 0.25) is 0 Å². The number of amides is 1. The maximum Gasteiger partial charge on any atom is 0.253 e. The Hall–Kier alpha value is -2.86. The van der Waals surface area contributed by atoms with E-state index in [1.807, 2.05) is 36.6 Å². The lowest BCUT2D eigenvalue weighted by molar-refractivity contribution is 0.0773. The Morgan fingerprint density at radius 1 is 1.11 bits per heavy atom. The number of rotatable bonds is 8. The average molecular weight is 382 g/mol. The number of aryl methyl sites for hydroxylation is 1. The largest absolute Gasteiger partial charge is 0.491 e. The van der Waals surface area contributed by atoms with Gasteiger partial charge in [0.15, 0.2) is 0 Å². The normalized spacial score (nSPS) is 10.4. The van der Waals surface area contributed by atoms with Crippen LogP contribution in [0.4, 0.5) is 0 Å². The zero-order valence-corrected chi connectivity index (χ0v) is 16.2. The molecule has 5 nitrogen and oxygen atoms in total. The number of para-hydroxylation sites is 1. The van der Waals surface area contributed by atoms with Crippen LogP contribution in [0.1, 0.15) is 21.6 Å². The second-order valence-electron chi connectivity index (χ2n) is 6.13. The summed E-state index contributed by atoms with van der Waals surface area (Å²) in [4.78, 5) is 18.4. The fourth-order valence-electron chi connectivity index (χ4n) is 2.49. The van der Waals surface area contributed by atoms with Crippen molar-refractivity contribution in [2.45, 2.75) is 13.5 Å². The zero-order valence-electron chi connectivity index (χ0n) is 15.4. The van der Waals surface area contributed by atoms with E-state index in [0.29, 0.717) is 31.1 Å². The third kappa shape index (κ3) is 5.31. The summed E-state index contributed by atoms with van der Waals surface area (Å²) in [6, 6.07) is 15.0. The minimum Gasteiger partial charge on any atom is -0.491 e. The molecule has 1 heterocycles. The molecule has 0 bridgehead atoms. The van der Waals surface area contributed by atoms with Gasteiger partial charge in [-0.15, -0.1) is 11.3 Å². The van der Waals surface area contributed by atoms with Gasteiger partial charge in [0, 0.05) is 18.0 Å². The first-order chi connectivity index (χ1) is 13.1. The van der Waals surface area contributed by atoms with Crippen molar-refractivity contribution in [3.8, 4) is 11.5 Å². The summed E-state index contributed by atoms with van der Waals surface area (Å²) < 4.78 is 11.4. The highest BCUT2D eigenvalue weighted by Gasteiger charge is 2.12. The van der Waals surface area contributed by atoms with Gasteiger partial charge in [-0.1, -0.05) is 18.2 Å². The number of aromatic nitrogens is 1. The quantitative estimate of drug-likeness (QED) is 0.586. The Bertz CT molecular complexity index is 863. The number of carbonyl (C=O) groups is 1. The van der Waals surface area contributed by atoms with Crippen LogP contribution in [-0.4, -0.2) is 36.0 Å². The van der Waals surface area contributed by atoms with Crippen LogP contribution in [0, 0.1) is 6.92 Å². The first kappa shape index (κ1) is 18.9. The van der Waals surface area contributed by atoms with E-state index in [0.717, 1.165) is 17.0 Å². The van der Waals surface area contributed by atoms with Gasteiger partial charge in [0.1, 0.15) is 24.7 Å². The number of hydrogen-bond acceptors (Lipinski definition) is 5. The van der Waals surface area contributed by atoms with Crippen molar-refractivity contribution in [3.05, 3.63) is 76.2 Å². The van der Waals surface area contributed by atoms with E-state index < -0.39 is 0 Å². The first-order valence-electron chi connectivity index (χ1n) is 8.67. The number of nitrogens with zero attached hydrogens (tertiary/aromatic N) is 2. The molecule has 0 unspecified atom stereocenters. The topological polar surface area (TPSA) is 51.7 Å². The summed E-state index contributed by atoms with van der Waals surface area (Å²) in [6.07, 6.45) is 0. The van der Waals surface area contributed by atoms with E-state index >= 15 is 0 Å². The lowest BCUT2D eigenvalue weighted by Gasteiger charge is -2.18. The number of ether oxygens (including phenoxy) is 2. The molecular weight excluding hydrogens is 360 g/mol. The van der Waals surface area contributed by atoms with Crippen molar-refractivity contribution >= 4 is 17.2 Å². The van der Waals surface area contributed by atoms with Gasteiger partial charge in [-0.3, -0.25) is 4.79 Å². The van der Waals surface area contributed by atoms with E-state index in [1.165, 1.54) is 11.3 Å². The molecule has 1 amide bonds. The van der Waals surface area contributed by atoms with Gasteiger partial charge in [0.05, 0.1) is 17.7 Å². The molecule has 0 radical (unpaired) electrons. The molecule has 6 heteroatoms. The molecule has 0 spiro atoms. The van der Waals surface area contributed by atoms with Gasteiger partial charge in [0.25, 0.3) is 5.91 Å². The van der Waals surface area contributed by atoms with E-state index in [1.54, 1.807) is 41.7 Å². The molecule has 0 atom stereocenters. The molecule has 3 aromatic rings. The van der Waals surface area contributed by atoms with Crippen LogP contribution in [0.5, 0.6) is 11.5 Å². The van der Waals surface area contributed by atoms with Crippen LogP contribution in [0.25, 0.3) is 0 Å². The fourth-order valence-corrected chi connectivity index (χ4v) is 3.04. The van der Waals surface area contributed by atoms with Crippen LogP contribution >= 0.6 is 11.3 Å². The predicted molar refractivity (Wildman–Crippen MR) is 107 cm³/mol. The van der Waals surface area contributed by atoms with E-state index in [4.69, 9.17) is 9.47 Å². The highest BCUT2D eigenvalue weighted by Crippen LogP contribution is 2.17. The minimum atomic E-state index is -0.0468. The standard InChI is InChI=1S/C21H22N2O3S/c1-16-5-3-4-6-20(16)25-12-11-23(2)21(24)17-7-9-19(10-8-17)26-13-18-14-27-15-22-18/h3-10,14-15H,11-13H2,1-2H3. The summed E-state index contributed by atoms with van der Waals surface area (Å²) in [5, 5.41) is 1.95. The van der Waals surface area contributed by atoms with Crippen molar-refractivity contribution in [2.75, 3.05) is 20.2 Å². The monoisotopic (exact) mass is 382 g/mol. The van der Waals surface area contributed by atoms with Gasteiger partial charge in [-0.05, 0) is 42.8 Å². The summed E-state index contributed by atoms with van der Waals surface area (Å²) >= 11 is 1.54. The molecule has 2 aromatic carbocycles. The number of thiazole rings is 1. The summed E-state index contributed by atoms with van der Waals surface area (Å²) in [5.74, 6) is 1.51. The third-order valence-corrected chi connectivity index (χ3v) is 4.73. The second kappa shape index (κ2) is 9.19. The van der Waals surface area contributed by atoms with Gasteiger partial charge >= 0.3 is 0 Å². The van der Waals surface area contributed by atoms with Crippen molar-refractivity contribution < 1.29 is 14.3 Å². The molecule has 0 aliphatic carbocycles. The van der Waals surface area contributed by atoms with Crippen LogP contribution in [0.15, 0.2) is 59.4 Å². The molecule has 0 N–H and O–H groups in total. The maximum atomic E-state index is 12.5. The van der Waals surface area contributed by atoms with Crippen LogP contribution in [0.3, 0.4) is 0 Å². The Kier molecular flexibility index (Phi) is 6.44. The number of benzene rings is 2. The first-order valence-corrected chi connectivity index (χ1v) is 9.61. The zero-order chi connectivity index (χ0) is 19.1. The van der Waals surface area contributed by atoms with Gasteiger partial charge in [-0.2, -0.15) is 0 Å². The SMILES string of the molecule is Cc1ccccc1OCCN(C)C(=O)c1ccc(OCc2cscn2)cc1. The Morgan fingerprint density at radius 3 is 2.59 bits per heavy atom. The van der Waals surface area contributed by atoms with Crippen molar-refractivity contribution in [3.63, 3.8) is 0 Å². The number of carbonyl (C=O) groups excluding carboxylic acids is 1. The van der Waals surface area contributed by atoms with Crippen LogP contribution < -0.4 is 9.47 Å². The van der Waals surface area contributed by atoms with Crippen LogP contribution in [0.2, 0.25) is 0 Å². The second-order valence-corrected chi connectivity index (χ2v) is 6.85. The number of likely N-dealkylation sites (N-methyl/N-ethyl adjacent to an activating group) is 1. The molecular formula is C21H22N2O3S. The molecule has 0 saturated heterocycles. The minimum absolute atomic E-state index is 0.0468. The Labute approximate surface area is 163 Å². The molecule has 1 aromatic heterocycles. The van der Waals surface area contributed by atoms with Gasteiger partial charge in [-0.25, -0.2) is 4.98 Å². The molecule has 0 aliphatic rings. The highest BCUT2D eigenvalue weighted by atomic mass is 32.1. The molecule has 0 saturated carbocycles. The van der Waals surface area contributed by atoms with Gasteiger partial charge < -0.3 is 14.4 Å². The van der Waals surface area contributed by atoms with E-state index in [-0.39, 0.29) is 5.91 Å². The summed E-state index contributed by atoms with van der Waals surface area (Å²) in [7, 11) is 1.77. The molecule has 3 rings (SSSR count). The summed E-state index contributed by atoms with van der Waals surface area (Å²) in [6.45, 7) is 3.38. The molecule has 27 heavy (non-hydrogen) atoms. The Morgan fingerprint density at radius 2 is 1.89 bits per heavy atom. The Balaban J connectivity index is 1.48. The van der Waals surface area contributed by atoms with Crippen molar-refractivity contribution in [1.29, 1.82) is 0 Å². The lowest BCUT2D eigenvalue weighted by atomic mass is 10.2. The van der Waals surface area contributed by atoms with Crippen molar-refractivity contribution in [1.82, 2.24) is 9.88 Å². The van der Waals surface area contributed by atoms with E-state index in [9.17, 15) is 4.79 Å². The van der Waals surface area contributed by atoms with E-state index in [2.05, 4.69) is 4.98 Å². The fraction of sp³-hybridized carbons (Fsp3) is 0.238.